The number of hydrogen-bond donors (Lipinski definition) is 0. The highest BCUT2D eigenvalue weighted by atomic mass is 79.9. The molecule has 0 radical (unpaired) electrons. The summed E-state index contributed by atoms with van der Waals surface area (Å²) in [4.78, 5) is 10.6. The van der Waals surface area contributed by atoms with Crippen molar-refractivity contribution < 1.29 is 13.9 Å². The van der Waals surface area contributed by atoms with Gasteiger partial charge in [-0.1, -0.05) is 28.1 Å². The van der Waals surface area contributed by atoms with Crippen LogP contribution >= 0.6 is 15.9 Å². The first kappa shape index (κ1) is 10.2. The predicted molar refractivity (Wildman–Crippen MR) is 50.4 cm³/mol. The molecule has 0 aliphatic heterocycles. The Kier molecular flexibility index (Phi) is 3.42. The molecule has 1 unspecified atom stereocenters. The zero-order chi connectivity index (χ0) is 9.84. The Morgan fingerprint density at radius 3 is 2.69 bits per heavy atom. The first-order chi connectivity index (χ1) is 6.11. The molecule has 1 atom stereocenters. The van der Waals surface area contributed by atoms with Gasteiger partial charge in [0.25, 0.3) is 0 Å². The van der Waals surface area contributed by atoms with Crippen LogP contribution in [-0.2, 0) is 4.79 Å². The average Bonchev–Trinajstić information content (AvgIpc) is 2.08. The summed E-state index contributed by atoms with van der Waals surface area (Å²) < 4.78 is 17.7. The van der Waals surface area contributed by atoms with E-state index in [9.17, 15) is 9.18 Å². The van der Waals surface area contributed by atoms with Crippen LogP contribution in [0.2, 0.25) is 0 Å². The number of carbonyl (C=O) groups is 1. The van der Waals surface area contributed by atoms with E-state index in [0.717, 1.165) is 0 Å². The van der Waals surface area contributed by atoms with Gasteiger partial charge in [0.15, 0.2) is 11.6 Å². The molecule has 0 N–H and O–H groups in total. The molecule has 0 aliphatic rings. The van der Waals surface area contributed by atoms with Crippen LogP contribution in [0, 0.1) is 5.82 Å². The van der Waals surface area contributed by atoms with E-state index >= 15 is 0 Å². The third-order valence-corrected chi connectivity index (χ3v) is 1.75. The fourth-order valence-corrected chi connectivity index (χ4v) is 0.811. The molecule has 0 heterocycles. The van der Waals surface area contributed by atoms with E-state index in [1.165, 1.54) is 18.2 Å². The molecule has 0 spiro atoms. The van der Waals surface area contributed by atoms with Crippen LogP contribution in [0.15, 0.2) is 24.3 Å². The Labute approximate surface area is 83.8 Å². The number of para-hydroxylation sites is 1. The van der Waals surface area contributed by atoms with Crippen LogP contribution in [0.25, 0.3) is 0 Å². The van der Waals surface area contributed by atoms with Gasteiger partial charge in [-0.2, -0.15) is 0 Å². The molecule has 0 aliphatic carbocycles. The summed E-state index contributed by atoms with van der Waals surface area (Å²) in [6.07, 6.45) is 0. The topological polar surface area (TPSA) is 26.3 Å². The van der Waals surface area contributed by atoms with Crippen LogP contribution in [0.1, 0.15) is 6.92 Å². The maximum absolute atomic E-state index is 12.9. The van der Waals surface area contributed by atoms with E-state index in [-0.39, 0.29) is 5.75 Å². The molecule has 1 rings (SSSR count). The molecule has 0 saturated heterocycles. The van der Waals surface area contributed by atoms with Crippen molar-refractivity contribution in [3.63, 3.8) is 0 Å². The second-order valence-electron chi connectivity index (χ2n) is 2.47. The number of rotatable bonds is 2. The quantitative estimate of drug-likeness (QED) is 0.456. The van der Waals surface area contributed by atoms with E-state index in [1.807, 2.05) is 0 Å². The van der Waals surface area contributed by atoms with Gasteiger partial charge in [-0.3, -0.25) is 4.79 Å². The lowest BCUT2D eigenvalue weighted by molar-refractivity contribution is -0.133. The number of hydrogen-bond acceptors (Lipinski definition) is 2. The predicted octanol–water partition coefficient (Wildman–Crippen LogP) is 2.51. The summed E-state index contributed by atoms with van der Waals surface area (Å²) >= 11 is 3.02. The van der Waals surface area contributed by atoms with E-state index in [4.69, 9.17) is 4.74 Å². The van der Waals surface area contributed by atoms with Gasteiger partial charge in [0.2, 0.25) is 0 Å². The second-order valence-corrected chi connectivity index (χ2v) is 3.84. The number of ether oxygens (including phenoxy) is 1. The first-order valence-corrected chi connectivity index (χ1v) is 4.63. The van der Waals surface area contributed by atoms with Gasteiger partial charge in [0.05, 0.1) is 0 Å². The maximum Gasteiger partial charge on any atom is 0.324 e. The summed E-state index contributed by atoms with van der Waals surface area (Å²) in [5.74, 6) is -1.09. The molecule has 1 aromatic carbocycles. The van der Waals surface area contributed by atoms with Crippen LogP contribution in [0.4, 0.5) is 4.39 Å². The van der Waals surface area contributed by atoms with Gasteiger partial charge in [0.1, 0.15) is 4.83 Å². The molecule has 0 amide bonds. The fourth-order valence-electron chi connectivity index (χ4n) is 0.717. The van der Waals surface area contributed by atoms with Crippen LogP contribution in [0.3, 0.4) is 0 Å². The fraction of sp³-hybridized carbons (Fsp3) is 0.222. The van der Waals surface area contributed by atoms with Crippen molar-refractivity contribution >= 4 is 21.9 Å². The minimum Gasteiger partial charge on any atom is -0.423 e. The van der Waals surface area contributed by atoms with Crippen LogP contribution in [0.5, 0.6) is 5.75 Å². The third-order valence-electron chi connectivity index (χ3n) is 1.37. The minimum absolute atomic E-state index is 0.0428. The molecular formula is C9H8BrFO2. The normalized spacial score (nSPS) is 12.2. The average molecular weight is 247 g/mol. The SMILES string of the molecule is CC(Br)C(=O)Oc1ccccc1F. The van der Waals surface area contributed by atoms with Crippen molar-refractivity contribution in [2.75, 3.05) is 0 Å². The highest BCUT2D eigenvalue weighted by molar-refractivity contribution is 9.10. The van der Waals surface area contributed by atoms with E-state index in [0.29, 0.717) is 0 Å². The molecule has 13 heavy (non-hydrogen) atoms. The van der Waals surface area contributed by atoms with E-state index in [1.54, 1.807) is 13.0 Å². The van der Waals surface area contributed by atoms with Crippen LogP contribution in [-0.4, -0.2) is 10.8 Å². The van der Waals surface area contributed by atoms with E-state index in [2.05, 4.69) is 15.9 Å². The number of carbonyl (C=O) groups excluding carboxylic acids is 1. The summed E-state index contributed by atoms with van der Waals surface area (Å²) in [6.45, 7) is 1.61. The number of benzene rings is 1. The number of alkyl halides is 1. The standard InChI is InChI=1S/C9H8BrFO2/c1-6(10)9(12)13-8-5-3-2-4-7(8)11/h2-6H,1H3. The molecule has 0 aromatic heterocycles. The van der Waals surface area contributed by atoms with Crippen molar-refractivity contribution in [3.05, 3.63) is 30.1 Å². The highest BCUT2D eigenvalue weighted by Gasteiger charge is 2.13. The molecule has 0 saturated carbocycles. The zero-order valence-electron chi connectivity index (χ0n) is 6.96. The van der Waals surface area contributed by atoms with Crippen LogP contribution < -0.4 is 4.74 Å². The van der Waals surface area contributed by atoms with Gasteiger partial charge in [-0.25, -0.2) is 4.39 Å². The van der Waals surface area contributed by atoms with Crippen molar-refractivity contribution in [2.45, 2.75) is 11.8 Å². The lowest BCUT2D eigenvalue weighted by atomic mass is 10.3. The highest BCUT2D eigenvalue weighted by Crippen LogP contribution is 2.16. The molecular weight excluding hydrogens is 239 g/mol. The first-order valence-electron chi connectivity index (χ1n) is 3.71. The summed E-state index contributed by atoms with van der Waals surface area (Å²) in [6, 6.07) is 5.78. The van der Waals surface area contributed by atoms with Gasteiger partial charge in [-0.05, 0) is 19.1 Å². The van der Waals surface area contributed by atoms with E-state index < -0.39 is 16.6 Å². The Balaban J connectivity index is 2.75. The summed E-state index contributed by atoms with van der Waals surface area (Å²) in [7, 11) is 0. The lowest BCUT2D eigenvalue weighted by Crippen LogP contribution is -2.17. The zero-order valence-corrected chi connectivity index (χ0v) is 8.55. The molecule has 1 aromatic rings. The molecule has 70 valence electrons. The van der Waals surface area contributed by atoms with Crippen molar-refractivity contribution in [1.29, 1.82) is 0 Å². The Morgan fingerprint density at radius 2 is 2.15 bits per heavy atom. The van der Waals surface area contributed by atoms with Gasteiger partial charge >= 0.3 is 5.97 Å². The maximum atomic E-state index is 12.9. The van der Waals surface area contributed by atoms with Crippen molar-refractivity contribution in [3.8, 4) is 5.75 Å². The Hall–Kier alpha value is -0.900. The van der Waals surface area contributed by atoms with Gasteiger partial charge in [0, 0.05) is 0 Å². The summed E-state index contributed by atoms with van der Waals surface area (Å²) in [5, 5.41) is 0. The smallest absolute Gasteiger partial charge is 0.324 e. The number of esters is 1. The Bertz CT molecular complexity index is 312. The summed E-state index contributed by atoms with van der Waals surface area (Å²) in [5.41, 5.74) is 0. The molecule has 2 nitrogen and oxygen atoms in total. The van der Waals surface area contributed by atoms with Crippen molar-refractivity contribution in [1.82, 2.24) is 0 Å². The minimum atomic E-state index is -0.538. The number of halogens is 2. The molecule has 0 bridgehead atoms. The molecule has 4 heteroatoms. The Morgan fingerprint density at radius 1 is 1.54 bits per heavy atom. The second kappa shape index (κ2) is 4.37. The van der Waals surface area contributed by atoms with Gasteiger partial charge < -0.3 is 4.74 Å². The lowest BCUT2D eigenvalue weighted by Gasteiger charge is -2.05. The third kappa shape index (κ3) is 2.81. The molecule has 0 fully saturated rings. The van der Waals surface area contributed by atoms with Crippen molar-refractivity contribution in [2.24, 2.45) is 0 Å². The monoisotopic (exact) mass is 246 g/mol. The van der Waals surface area contributed by atoms with Gasteiger partial charge in [-0.15, -0.1) is 0 Å². The largest absolute Gasteiger partial charge is 0.423 e.